The second-order valence-electron chi connectivity index (χ2n) is 5.33. The summed E-state index contributed by atoms with van der Waals surface area (Å²) < 4.78 is 0. The van der Waals surface area contributed by atoms with Gasteiger partial charge in [-0.25, -0.2) is 0 Å². The van der Waals surface area contributed by atoms with Crippen molar-refractivity contribution in [3.05, 3.63) is 21.4 Å². The summed E-state index contributed by atoms with van der Waals surface area (Å²) in [7, 11) is 2.02. The summed E-state index contributed by atoms with van der Waals surface area (Å²) in [5.74, 6) is 0. The normalized spacial score (nSPS) is 16.9. The molecule has 18 heavy (non-hydrogen) atoms. The van der Waals surface area contributed by atoms with Crippen molar-refractivity contribution in [1.82, 2.24) is 10.2 Å². The van der Waals surface area contributed by atoms with Crippen LogP contribution in [0.15, 0.2) is 6.07 Å². The topological polar surface area (TPSA) is 15.3 Å². The lowest BCUT2D eigenvalue weighted by atomic mass is 10.1. The highest BCUT2D eigenvalue weighted by Gasteiger charge is 2.22. The van der Waals surface area contributed by atoms with Crippen LogP contribution in [0.1, 0.15) is 47.9 Å². The monoisotopic (exact) mass is 266 g/mol. The Labute approximate surface area is 115 Å². The molecule has 0 aliphatic heterocycles. The van der Waals surface area contributed by atoms with Crippen LogP contribution in [0, 0.1) is 6.92 Å². The van der Waals surface area contributed by atoms with E-state index in [-0.39, 0.29) is 0 Å². The molecular formula is C15H26N2S. The summed E-state index contributed by atoms with van der Waals surface area (Å²) >= 11 is 1.94. The van der Waals surface area contributed by atoms with Crippen molar-refractivity contribution in [2.45, 2.75) is 58.7 Å². The average molecular weight is 266 g/mol. The van der Waals surface area contributed by atoms with Crippen LogP contribution in [0.4, 0.5) is 0 Å². The van der Waals surface area contributed by atoms with Crippen molar-refractivity contribution in [3.8, 4) is 0 Å². The maximum Gasteiger partial charge on any atom is 0.0296 e. The Morgan fingerprint density at radius 3 is 2.72 bits per heavy atom. The van der Waals surface area contributed by atoms with Crippen molar-refractivity contribution >= 4 is 11.3 Å². The van der Waals surface area contributed by atoms with Crippen molar-refractivity contribution < 1.29 is 0 Å². The zero-order chi connectivity index (χ0) is 13.0. The van der Waals surface area contributed by atoms with Gasteiger partial charge in [0.05, 0.1) is 0 Å². The predicted molar refractivity (Wildman–Crippen MR) is 80.2 cm³/mol. The van der Waals surface area contributed by atoms with Gasteiger partial charge in [-0.1, -0.05) is 19.8 Å². The fourth-order valence-electron chi connectivity index (χ4n) is 2.99. The molecule has 0 saturated heterocycles. The molecule has 0 unspecified atom stereocenters. The number of rotatable bonds is 6. The second-order valence-corrected chi connectivity index (χ2v) is 6.67. The zero-order valence-electron chi connectivity index (χ0n) is 12.0. The smallest absolute Gasteiger partial charge is 0.0296 e. The summed E-state index contributed by atoms with van der Waals surface area (Å²) in [6.07, 6.45) is 5.66. The lowest BCUT2D eigenvalue weighted by molar-refractivity contribution is 0.200. The molecule has 0 aromatic carbocycles. The van der Waals surface area contributed by atoms with Crippen molar-refractivity contribution in [3.63, 3.8) is 0 Å². The minimum Gasteiger partial charge on any atom is -0.315 e. The molecule has 3 heteroatoms. The third-order valence-electron chi connectivity index (χ3n) is 4.04. The Kier molecular flexibility index (Phi) is 5.22. The van der Waals surface area contributed by atoms with E-state index in [0.717, 1.165) is 19.1 Å². The maximum absolute atomic E-state index is 3.24. The first-order valence-electron chi connectivity index (χ1n) is 7.21. The maximum atomic E-state index is 3.24. The van der Waals surface area contributed by atoms with E-state index in [0.29, 0.717) is 0 Å². The van der Waals surface area contributed by atoms with Crippen molar-refractivity contribution in [1.29, 1.82) is 0 Å². The van der Waals surface area contributed by atoms with E-state index in [4.69, 9.17) is 0 Å². The molecule has 1 fully saturated rings. The molecule has 1 aliphatic carbocycles. The number of thiophene rings is 1. The lowest BCUT2D eigenvalue weighted by Gasteiger charge is -2.27. The molecule has 1 aliphatic rings. The van der Waals surface area contributed by atoms with E-state index >= 15 is 0 Å². The quantitative estimate of drug-likeness (QED) is 0.847. The highest BCUT2D eigenvalue weighted by molar-refractivity contribution is 7.12. The first-order valence-corrected chi connectivity index (χ1v) is 8.03. The highest BCUT2D eigenvalue weighted by Crippen LogP contribution is 2.28. The van der Waals surface area contributed by atoms with Gasteiger partial charge in [0, 0.05) is 28.9 Å². The summed E-state index contributed by atoms with van der Waals surface area (Å²) in [5.41, 5.74) is 1.54. The minimum absolute atomic E-state index is 0.835. The van der Waals surface area contributed by atoms with Gasteiger partial charge in [0.2, 0.25) is 0 Å². The number of hydrogen-bond donors (Lipinski definition) is 1. The molecule has 1 aromatic rings. The minimum atomic E-state index is 0.835. The van der Waals surface area contributed by atoms with Crippen LogP contribution >= 0.6 is 11.3 Å². The van der Waals surface area contributed by atoms with Gasteiger partial charge in [-0.15, -0.1) is 11.3 Å². The van der Waals surface area contributed by atoms with Gasteiger partial charge in [-0.2, -0.15) is 0 Å². The molecular weight excluding hydrogens is 240 g/mol. The third kappa shape index (κ3) is 3.34. The molecule has 0 radical (unpaired) electrons. The fourth-order valence-corrected chi connectivity index (χ4v) is 4.06. The van der Waals surface area contributed by atoms with Gasteiger partial charge < -0.3 is 5.32 Å². The highest BCUT2D eigenvalue weighted by atomic mass is 32.1. The van der Waals surface area contributed by atoms with Gasteiger partial charge in [-0.05, 0) is 45.0 Å². The van der Waals surface area contributed by atoms with Crippen LogP contribution in [0.2, 0.25) is 0 Å². The lowest BCUT2D eigenvalue weighted by Crippen LogP contribution is -2.32. The van der Waals surface area contributed by atoms with E-state index in [2.05, 4.69) is 30.1 Å². The van der Waals surface area contributed by atoms with Gasteiger partial charge >= 0.3 is 0 Å². The molecule has 102 valence electrons. The van der Waals surface area contributed by atoms with E-state index < -0.39 is 0 Å². The molecule has 0 amide bonds. The first kappa shape index (κ1) is 14.0. The molecule has 2 rings (SSSR count). The fraction of sp³-hybridized carbons (Fsp3) is 0.733. The van der Waals surface area contributed by atoms with E-state index in [1.54, 1.807) is 5.56 Å². The van der Waals surface area contributed by atoms with Crippen LogP contribution in [0.5, 0.6) is 0 Å². The Morgan fingerprint density at radius 2 is 2.11 bits per heavy atom. The number of hydrogen-bond acceptors (Lipinski definition) is 3. The Balaban J connectivity index is 2.01. The third-order valence-corrected chi connectivity index (χ3v) is 5.14. The van der Waals surface area contributed by atoms with Gasteiger partial charge in [0.25, 0.3) is 0 Å². The van der Waals surface area contributed by atoms with Crippen molar-refractivity contribution in [2.24, 2.45) is 0 Å². The Bertz CT molecular complexity index is 367. The van der Waals surface area contributed by atoms with E-state index in [1.807, 2.05) is 18.4 Å². The second kappa shape index (κ2) is 6.69. The Hall–Kier alpha value is -0.380. The van der Waals surface area contributed by atoms with Crippen LogP contribution < -0.4 is 5.32 Å². The molecule has 0 atom stereocenters. The number of nitrogens with one attached hydrogen (secondary N) is 1. The van der Waals surface area contributed by atoms with Gasteiger partial charge in [0.1, 0.15) is 0 Å². The van der Waals surface area contributed by atoms with Crippen LogP contribution in [0.3, 0.4) is 0 Å². The van der Waals surface area contributed by atoms with Gasteiger partial charge in [-0.3, -0.25) is 4.90 Å². The largest absolute Gasteiger partial charge is 0.315 e. The molecule has 1 saturated carbocycles. The zero-order valence-corrected chi connectivity index (χ0v) is 12.8. The SMILES string of the molecule is CCN(Cc1cc(CNC)sc1C)C1CCCC1. The molecule has 1 aromatic heterocycles. The molecule has 1 heterocycles. The number of nitrogens with zero attached hydrogens (tertiary/aromatic N) is 1. The predicted octanol–water partition coefficient (Wildman–Crippen LogP) is 3.54. The summed E-state index contributed by atoms with van der Waals surface area (Å²) in [5, 5.41) is 3.24. The number of aryl methyl sites for hydroxylation is 1. The van der Waals surface area contributed by atoms with Crippen molar-refractivity contribution in [2.75, 3.05) is 13.6 Å². The van der Waals surface area contributed by atoms with Crippen LogP contribution in [0.25, 0.3) is 0 Å². The summed E-state index contributed by atoms with van der Waals surface area (Å²) in [4.78, 5) is 5.63. The van der Waals surface area contributed by atoms with Crippen LogP contribution in [-0.4, -0.2) is 24.5 Å². The molecule has 0 spiro atoms. The summed E-state index contributed by atoms with van der Waals surface area (Å²) in [6, 6.07) is 3.23. The standard InChI is InChI=1S/C15H26N2S/c1-4-17(14-7-5-6-8-14)11-13-9-15(10-16-3)18-12(13)2/h9,14,16H,4-8,10-11H2,1-3H3. The molecule has 0 bridgehead atoms. The van der Waals surface area contributed by atoms with Crippen LogP contribution in [-0.2, 0) is 13.1 Å². The van der Waals surface area contributed by atoms with E-state index in [9.17, 15) is 0 Å². The molecule has 1 N–H and O–H groups in total. The Morgan fingerprint density at radius 1 is 1.39 bits per heavy atom. The van der Waals surface area contributed by atoms with Gasteiger partial charge in [0.15, 0.2) is 0 Å². The first-order chi connectivity index (χ1) is 8.74. The average Bonchev–Trinajstić information content (AvgIpc) is 2.97. The van der Waals surface area contributed by atoms with E-state index in [1.165, 1.54) is 42.0 Å². The molecule has 2 nitrogen and oxygen atoms in total. The summed E-state index contributed by atoms with van der Waals surface area (Å²) in [6.45, 7) is 7.89.